The summed E-state index contributed by atoms with van der Waals surface area (Å²) < 4.78 is 10.6. The lowest BCUT2D eigenvalue weighted by molar-refractivity contribution is 0.185. The molecule has 2 aromatic rings. The molecule has 0 aromatic heterocycles. The van der Waals surface area contributed by atoms with Gasteiger partial charge in [0.05, 0.1) is 0 Å². The largest absolute Gasteiger partial charge is 0.415 e. The van der Waals surface area contributed by atoms with Crippen LogP contribution in [0.5, 0.6) is 11.5 Å². The molecule has 6 nitrogen and oxygen atoms in total. The Labute approximate surface area is 158 Å². The van der Waals surface area contributed by atoms with Crippen LogP contribution in [0.1, 0.15) is 25.0 Å². The molecule has 0 N–H and O–H groups in total. The number of carbonyl (C=O) groups is 2. The summed E-state index contributed by atoms with van der Waals surface area (Å²) in [6.07, 6.45) is -0.593. The Balaban J connectivity index is 1.44. The number of carbonyl (C=O) groups excluding carboxylic acids is 2. The van der Waals surface area contributed by atoms with Gasteiger partial charge in [0.2, 0.25) is 0 Å². The monoisotopic (exact) mass is 366 g/mol. The summed E-state index contributed by atoms with van der Waals surface area (Å²) in [4.78, 5) is 26.7. The molecule has 4 rings (SSSR count). The molecule has 0 aliphatic carbocycles. The topological polar surface area (TPSA) is 58.6 Å². The molecule has 2 aliphatic heterocycles. The lowest BCUT2D eigenvalue weighted by Gasteiger charge is -2.26. The first kappa shape index (κ1) is 17.4. The maximum atomic E-state index is 11.7. The average molecular weight is 366 g/mol. The molecule has 0 saturated carbocycles. The van der Waals surface area contributed by atoms with E-state index >= 15 is 0 Å². The summed E-state index contributed by atoms with van der Waals surface area (Å²) in [5.74, 6) is 1.09. The molecule has 2 aliphatic rings. The van der Waals surface area contributed by atoms with E-state index < -0.39 is 0 Å². The van der Waals surface area contributed by atoms with Crippen molar-refractivity contribution in [3.05, 3.63) is 59.7 Å². The minimum absolute atomic E-state index is 0.245. The molecular weight excluding hydrogens is 344 g/mol. The Morgan fingerprint density at radius 3 is 1.33 bits per heavy atom. The van der Waals surface area contributed by atoms with E-state index in [0.29, 0.717) is 11.5 Å². The van der Waals surface area contributed by atoms with E-state index in [1.807, 2.05) is 48.5 Å². The summed E-state index contributed by atoms with van der Waals surface area (Å²) >= 11 is 0. The lowest BCUT2D eigenvalue weighted by Crippen LogP contribution is -2.19. The molecule has 2 saturated heterocycles. The zero-order valence-electron chi connectivity index (χ0n) is 15.5. The fraction of sp³-hybridized carbons (Fsp3) is 0.333. The molecule has 2 aromatic carbocycles. The van der Waals surface area contributed by atoms with Crippen LogP contribution >= 0.6 is 0 Å². The molecule has 0 bridgehead atoms. The first-order valence-corrected chi connectivity index (χ1v) is 9.08. The number of ether oxygens (including phenoxy) is 2. The average Bonchev–Trinajstić information content (AvgIpc) is 3.55. The fourth-order valence-electron chi connectivity index (χ4n) is 2.84. The quantitative estimate of drug-likeness (QED) is 0.775. The Morgan fingerprint density at radius 1 is 0.704 bits per heavy atom. The van der Waals surface area contributed by atoms with Crippen molar-refractivity contribution in [2.75, 3.05) is 26.2 Å². The SMILES string of the molecule is CC(C)(c1ccc(OC(=O)N2CC2)cc1)c1ccc(OC(=O)N2CC2)cc1. The Morgan fingerprint density at radius 2 is 1.04 bits per heavy atom. The molecule has 0 unspecified atom stereocenters. The number of rotatable bonds is 4. The normalized spacial score (nSPS) is 15.3. The van der Waals surface area contributed by atoms with Crippen molar-refractivity contribution in [1.29, 1.82) is 0 Å². The van der Waals surface area contributed by atoms with Gasteiger partial charge >= 0.3 is 12.2 Å². The molecule has 0 radical (unpaired) electrons. The van der Waals surface area contributed by atoms with Gasteiger partial charge in [0.1, 0.15) is 11.5 Å². The maximum absolute atomic E-state index is 11.7. The third-order valence-corrected chi connectivity index (χ3v) is 4.97. The molecule has 2 amide bonds. The maximum Gasteiger partial charge on any atom is 0.415 e. The highest BCUT2D eigenvalue weighted by Gasteiger charge is 2.28. The Bertz CT molecular complexity index is 779. The summed E-state index contributed by atoms with van der Waals surface area (Å²) in [6, 6.07) is 15.2. The van der Waals surface area contributed by atoms with Gasteiger partial charge in [-0.25, -0.2) is 9.59 Å². The molecule has 6 heteroatoms. The van der Waals surface area contributed by atoms with Gasteiger partial charge in [-0.2, -0.15) is 0 Å². The number of amides is 2. The van der Waals surface area contributed by atoms with Crippen molar-refractivity contribution in [3.8, 4) is 11.5 Å². The van der Waals surface area contributed by atoms with E-state index in [-0.39, 0.29) is 17.6 Å². The molecule has 27 heavy (non-hydrogen) atoms. The van der Waals surface area contributed by atoms with E-state index in [1.54, 1.807) is 9.80 Å². The van der Waals surface area contributed by atoms with Crippen LogP contribution in [0.4, 0.5) is 9.59 Å². The van der Waals surface area contributed by atoms with Crippen molar-refractivity contribution in [2.24, 2.45) is 0 Å². The zero-order valence-corrected chi connectivity index (χ0v) is 15.5. The highest BCUT2D eigenvalue weighted by molar-refractivity contribution is 5.73. The first-order valence-electron chi connectivity index (χ1n) is 9.08. The van der Waals surface area contributed by atoms with Crippen LogP contribution < -0.4 is 9.47 Å². The summed E-state index contributed by atoms with van der Waals surface area (Å²) in [5, 5.41) is 0. The van der Waals surface area contributed by atoms with Crippen molar-refractivity contribution in [1.82, 2.24) is 9.80 Å². The van der Waals surface area contributed by atoms with Crippen LogP contribution in [0.25, 0.3) is 0 Å². The number of nitrogens with zero attached hydrogens (tertiary/aromatic N) is 2. The van der Waals surface area contributed by atoms with Gasteiger partial charge in [0, 0.05) is 31.6 Å². The molecule has 2 fully saturated rings. The van der Waals surface area contributed by atoms with Crippen molar-refractivity contribution < 1.29 is 19.1 Å². The van der Waals surface area contributed by atoms with E-state index in [0.717, 1.165) is 37.3 Å². The van der Waals surface area contributed by atoms with Crippen LogP contribution in [0.15, 0.2) is 48.5 Å². The van der Waals surface area contributed by atoms with E-state index in [2.05, 4.69) is 13.8 Å². The van der Waals surface area contributed by atoms with Gasteiger partial charge in [-0.05, 0) is 35.4 Å². The summed E-state index contributed by atoms with van der Waals surface area (Å²) in [5.41, 5.74) is 1.95. The van der Waals surface area contributed by atoms with Gasteiger partial charge in [-0.3, -0.25) is 0 Å². The predicted octanol–water partition coefficient (Wildman–Crippen LogP) is 3.64. The molecular formula is C21H22N2O4. The van der Waals surface area contributed by atoms with Gasteiger partial charge in [-0.15, -0.1) is 0 Å². The zero-order chi connectivity index (χ0) is 19.0. The van der Waals surface area contributed by atoms with Crippen LogP contribution in [0, 0.1) is 0 Å². The second-order valence-electron chi connectivity index (χ2n) is 7.38. The van der Waals surface area contributed by atoms with E-state index in [4.69, 9.17) is 9.47 Å². The third kappa shape index (κ3) is 3.89. The fourth-order valence-corrected chi connectivity index (χ4v) is 2.84. The number of hydrogen-bond acceptors (Lipinski definition) is 4. The van der Waals surface area contributed by atoms with Crippen LogP contribution in [-0.2, 0) is 5.41 Å². The van der Waals surface area contributed by atoms with Crippen molar-refractivity contribution in [3.63, 3.8) is 0 Å². The molecule has 0 spiro atoms. The van der Waals surface area contributed by atoms with Crippen LogP contribution in [0.2, 0.25) is 0 Å². The first-order chi connectivity index (χ1) is 12.9. The van der Waals surface area contributed by atoms with Gasteiger partial charge in [0.15, 0.2) is 0 Å². The molecule has 0 atom stereocenters. The molecule has 2 heterocycles. The molecule has 140 valence electrons. The number of benzene rings is 2. The van der Waals surface area contributed by atoms with E-state index in [9.17, 15) is 9.59 Å². The van der Waals surface area contributed by atoms with Crippen LogP contribution in [-0.4, -0.2) is 48.2 Å². The Hall–Kier alpha value is -3.02. The minimum Gasteiger partial charge on any atom is -0.410 e. The van der Waals surface area contributed by atoms with Crippen molar-refractivity contribution >= 4 is 12.2 Å². The van der Waals surface area contributed by atoms with Crippen molar-refractivity contribution in [2.45, 2.75) is 19.3 Å². The van der Waals surface area contributed by atoms with Gasteiger partial charge < -0.3 is 19.3 Å². The number of hydrogen-bond donors (Lipinski definition) is 0. The summed E-state index contributed by atoms with van der Waals surface area (Å²) in [6.45, 7) is 7.34. The predicted molar refractivity (Wildman–Crippen MR) is 100 cm³/mol. The highest BCUT2D eigenvalue weighted by Crippen LogP contribution is 2.33. The third-order valence-electron chi connectivity index (χ3n) is 4.97. The second-order valence-corrected chi connectivity index (χ2v) is 7.38. The van der Waals surface area contributed by atoms with E-state index in [1.165, 1.54) is 0 Å². The smallest absolute Gasteiger partial charge is 0.410 e. The van der Waals surface area contributed by atoms with Gasteiger partial charge in [-0.1, -0.05) is 38.1 Å². The van der Waals surface area contributed by atoms with Gasteiger partial charge in [0.25, 0.3) is 0 Å². The standard InChI is InChI=1S/C21H22N2O4/c1-21(2,15-3-7-17(8-4-15)26-19(24)22-11-12-22)16-5-9-18(10-6-16)27-20(25)23-13-14-23/h3-10H,11-14H2,1-2H3. The Kier molecular flexibility index (Phi) is 4.26. The second kappa shape index (κ2) is 6.61. The lowest BCUT2D eigenvalue weighted by atomic mass is 9.78. The highest BCUT2D eigenvalue weighted by atomic mass is 16.6. The summed E-state index contributed by atoms with van der Waals surface area (Å²) in [7, 11) is 0. The van der Waals surface area contributed by atoms with Crippen LogP contribution in [0.3, 0.4) is 0 Å². The minimum atomic E-state index is -0.297.